The van der Waals surface area contributed by atoms with Crippen LogP contribution in [0.3, 0.4) is 0 Å². The van der Waals surface area contributed by atoms with Crippen LogP contribution in [0.5, 0.6) is 0 Å². The van der Waals surface area contributed by atoms with Crippen LogP contribution in [0.1, 0.15) is 18.7 Å². The molecule has 1 aliphatic rings. The molecule has 3 aromatic heterocycles. The van der Waals surface area contributed by atoms with Crippen molar-refractivity contribution in [1.29, 1.82) is 0 Å². The van der Waals surface area contributed by atoms with E-state index in [0.29, 0.717) is 15.2 Å². The molecule has 0 bridgehead atoms. The quantitative estimate of drug-likeness (QED) is 0.346. The minimum Gasteiger partial charge on any atom is -0.392 e. The zero-order valence-electron chi connectivity index (χ0n) is 19.9. The Bertz CT molecular complexity index is 1620. The van der Waals surface area contributed by atoms with Crippen LogP contribution >= 0.6 is 22.9 Å². The van der Waals surface area contributed by atoms with Crippen molar-refractivity contribution in [3.63, 3.8) is 0 Å². The Hall–Kier alpha value is -3.04. The topological polar surface area (TPSA) is 76.2 Å². The van der Waals surface area contributed by atoms with Crippen molar-refractivity contribution in [3.8, 4) is 16.1 Å². The van der Waals surface area contributed by atoms with Crippen molar-refractivity contribution < 1.29 is 5.11 Å². The van der Waals surface area contributed by atoms with E-state index in [2.05, 4.69) is 14.5 Å². The Morgan fingerprint density at radius 2 is 1.94 bits per heavy atom. The molecule has 6 rings (SSSR count). The van der Waals surface area contributed by atoms with Gasteiger partial charge in [-0.3, -0.25) is 9.36 Å². The van der Waals surface area contributed by atoms with Gasteiger partial charge >= 0.3 is 0 Å². The monoisotopic (exact) mass is 519 g/mol. The molecule has 0 radical (unpaired) electrons. The summed E-state index contributed by atoms with van der Waals surface area (Å²) in [5, 5.41) is 10.4. The third-order valence-electron chi connectivity index (χ3n) is 6.87. The lowest BCUT2D eigenvalue weighted by Gasteiger charge is -2.15. The molecule has 0 unspecified atom stereocenters. The van der Waals surface area contributed by atoms with E-state index < -0.39 is 0 Å². The van der Waals surface area contributed by atoms with Gasteiger partial charge in [-0.1, -0.05) is 23.7 Å². The van der Waals surface area contributed by atoms with Gasteiger partial charge in [0.1, 0.15) is 16.9 Å². The number of β-amino-alcohol motifs (C(OH)–C–C–N with tert-alkyl or cyclic N) is 1. The minimum atomic E-state index is -0.186. The van der Waals surface area contributed by atoms with Crippen LogP contribution in [-0.4, -0.2) is 54.8 Å². The third-order valence-corrected chi connectivity index (χ3v) is 8.28. The Morgan fingerprint density at radius 3 is 2.72 bits per heavy atom. The van der Waals surface area contributed by atoms with E-state index in [4.69, 9.17) is 16.6 Å². The number of nitrogens with zero attached hydrogens (tertiary/aromatic N) is 5. The SMILES string of the molecule is Cc1nc2cc(-n3cnc4cc(-c5ccc(Cl)cc5)sc4c3=O)ccc2n1CCCN1CC[C@H](O)C1. The fourth-order valence-corrected chi connectivity index (χ4v) is 6.16. The van der Waals surface area contributed by atoms with E-state index in [-0.39, 0.29) is 11.7 Å². The number of hydrogen-bond acceptors (Lipinski definition) is 6. The molecule has 9 heteroatoms. The molecular formula is C27H26ClN5O2S. The molecule has 0 aliphatic carbocycles. The first-order valence-electron chi connectivity index (χ1n) is 12.1. The molecular weight excluding hydrogens is 494 g/mol. The van der Waals surface area contributed by atoms with Crippen molar-refractivity contribution in [1.82, 2.24) is 24.0 Å². The Morgan fingerprint density at radius 1 is 1.11 bits per heavy atom. The Balaban J connectivity index is 1.28. The second kappa shape index (κ2) is 9.44. The summed E-state index contributed by atoms with van der Waals surface area (Å²) in [7, 11) is 0. The summed E-state index contributed by atoms with van der Waals surface area (Å²) < 4.78 is 4.45. The molecule has 1 atom stereocenters. The first kappa shape index (κ1) is 23.4. The number of aliphatic hydroxyl groups is 1. The molecule has 36 heavy (non-hydrogen) atoms. The Labute approximate surface area is 217 Å². The highest BCUT2D eigenvalue weighted by molar-refractivity contribution is 7.22. The maximum atomic E-state index is 13.4. The van der Waals surface area contributed by atoms with Crippen LogP contribution < -0.4 is 5.56 Å². The van der Waals surface area contributed by atoms with Gasteiger partial charge in [0.2, 0.25) is 0 Å². The number of imidazole rings is 1. The molecule has 1 aliphatic heterocycles. The molecule has 1 fully saturated rings. The molecule has 7 nitrogen and oxygen atoms in total. The number of halogens is 1. The van der Waals surface area contributed by atoms with Crippen LogP contribution in [-0.2, 0) is 6.54 Å². The third kappa shape index (κ3) is 4.35. The fourth-order valence-electron chi connectivity index (χ4n) is 4.99. The minimum absolute atomic E-state index is 0.0893. The number of benzene rings is 2. The molecule has 2 aromatic carbocycles. The number of hydrogen-bond donors (Lipinski definition) is 1. The van der Waals surface area contributed by atoms with Crippen molar-refractivity contribution in [2.24, 2.45) is 0 Å². The molecule has 4 heterocycles. The number of aliphatic hydroxyl groups excluding tert-OH is 1. The number of aryl methyl sites for hydroxylation is 2. The zero-order valence-corrected chi connectivity index (χ0v) is 21.5. The summed E-state index contributed by atoms with van der Waals surface area (Å²) in [6.45, 7) is 5.58. The maximum Gasteiger partial charge on any atom is 0.275 e. The normalized spacial score (nSPS) is 16.5. The highest BCUT2D eigenvalue weighted by atomic mass is 35.5. The van der Waals surface area contributed by atoms with Gasteiger partial charge in [0.05, 0.1) is 28.3 Å². The number of thiophene rings is 1. The lowest BCUT2D eigenvalue weighted by molar-refractivity contribution is 0.175. The van der Waals surface area contributed by atoms with E-state index in [9.17, 15) is 9.90 Å². The fraction of sp³-hybridized carbons (Fsp3) is 0.296. The number of likely N-dealkylation sites (tertiary alicyclic amines) is 1. The van der Waals surface area contributed by atoms with Gasteiger partial charge < -0.3 is 14.6 Å². The van der Waals surface area contributed by atoms with Crippen LogP contribution in [0.25, 0.3) is 37.4 Å². The first-order valence-corrected chi connectivity index (χ1v) is 13.3. The second-order valence-corrected chi connectivity index (χ2v) is 10.8. The lowest BCUT2D eigenvalue weighted by Crippen LogP contribution is -2.24. The molecule has 0 spiro atoms. The highest BCUT2D eigenvalue weighted by Crippen LogP contribution is 2.32. The van der Waals surface area contributed by atoms with Gasteiger partial charge in [0.25, 0.3) is 5.56 Å². The van der Waals surface area contributed by atoms with Gasteiger partial charge in [-0.05, 0) is 68.3 Å². The predicted octanol–water partition coefficient (Wildman–Crippen LogP) is 4.88. The van der Waals surface area contributed by atoms with Crippen molar-refractivity contribution >= 4 is 44.2 Å². The van der Waals surface area contributed by atoms with Gasteiger partial charge in [-0.25, -0.2) is 9.97 Å². The average Bonchev–Trinajstić information content (AvgIpc) is 3.57. The number of rotatable bonds is 6. The highest BCUT2D eigenvalue weighted by Gasteiger charge is 2.19. The van der Waals surface area contributed by atoms with Crippen LogP contribution in [0.15, 0.2) is 59.7 Å². The summed E-state index contributed by atoms with van der Waals surface area (Å²) in [6, 6.07) is 15.5. The number of fused-ring (bicyclic) bond motifs is 2. The van der Waals surface area contributed by atoms with Gasteiger partial charge in [0, 0.05) is 29.5 Å². The smallest absolute Gasteiger partial charge is 0.275 e. The standard InChI is InChI=1S/C27H26ClN5O2S/c1-17-30-22-13-20(7-8-24(22)32(17)11-2-10-31-12-9-21(34)15-31)33-16-29-23-14-25(36-26(23)27(33)35)18-3-5-19(28)6-4-18/h3-8,13-14,16,21,34H,2,9-12,15H2,1H3/t21-/m0/s1. The Kier molecular flexibility index (Phi) is 6.13. The van der Waals surface area contributed by atoms with E-state index in [1.54, 1.807) is 10.9 Å². The summed E-state index contributed by atoms with van der Waals surface area (Å²) in [5.74, 6) is 0.954. The van der Waals surface area contributed by atoms with Crippen LogP contribution in [0, 0.1) is 6.92 Å². The first-order chi connectivity index (χ1) is 17.5. The average molecular weight is 520 g/mol. The predicted molar refractivity (Wildman–Crippen MR) is 145 cm³/mol. The zero-order chi connectivity index (χ0) is 24.8. The summed E-state index contributed by atoms with van der Waals surface area (Å²) >= 11 is 7.46. The van der Waals surface area contributed by atoms with Gasteiger partial charge in [-0.15, -0.1) is 11.3 Å². The van der Waals surface area contributed by atoms with Gasteiger partial charge in [-0.2, -0.15) is 0 Å². The van der Waals surface area contributed by atoms with E-state index in [1.807, 2.05) is 55.5 Å². The van der Waals surface area contributed by atoms with E-state index in [0.717, 1.165) is 72.0 Å². The van der Waals surface area contributed by atoms with Crippen molar-refractivity contribution in [2.45, 2.75) is 32.4 Å². The number of aromatic nitrogens is 4. The van der Waals surface area contributed by atoms with Crippen molar-refractivity contribution in [2.75, 3.05) is 19.6 Å². The summed E-state index contributed by atoms with van der Waals surface area (Å²) in [4.78, 5) is 26.0. The molecule has 1 N–H and O–H groups in total. The lowest BCUT2D eigenvalue weighted by atomic mass is 10.2. The second-order valence-electron chi connectivity index (χ2n) is 9.33. The molecule has 0 amide bonds. The molecule has 0 saturated carbocycles. The largest absolute Gasteiger partial charge is 0.392 e. The van der Waals surface area contributed by atoms with Crippen LogP contribution in [0.2, 0.25) is 5.02 Å². The molecule has 184 valence electrons. The molecule has 1 saturated heterocycles. The summed E-state index contributed by atoms with van der Waals surface area (Å²) in [6.07, 6.45) is 3.27. The van der Waals surface area contributed by atoms with Crippen LogP contribution in [0.4, 0.5) is 0 Å². The van der Waals surface area contributed by atoms with E-state index in [1.165, 1.54) is 11.3 Å². The maximum absolute atomic E-state index is 13.4. The van der Waals surface area contributed by atoms with Gasteiger partial charge in [0.15, 0.2) is 0 Å². The van der Waals surface area contributed by atoms with E-state index >= 15 is 0 Å². The summed E-state index contributed by atoms with van der Waals surface area (Å²) in [5.41, 5.74) is 4.28. The van der Waals surface area contributed by atoms with Crippen molar-refractivity contribution in [3.05, 3.63) is 76.1 Å². The molecule has 5 aromatic rings.